The van der Waals surface area contributed by atoms with Gasteiger partial charge in [0.25, 0.3) is 0 Å². The highest BCUT2D eigenvalue weighted by molar-refractivity contribution is 7.91. The van der Waals surface area contributed by atoms with Gasteiger partial charge in [-0.15, -0.1) is 13.2 Å². The van der Waals surface area contributed by atoms with Crippen molar-refractivity contribution in [3.8, 4) is 5.75 Å². The first-order chi connectivity index (χ1) is 8.58. The summed E-state index contributed by atoms with van der Waals surface area (Å²) in [7, 11) is 0. The highest BCUT2D eigenvalue weighted by atomic mass is 32.2. The Hall–Kier alpha value is -1.21. The molecule has 1 aromatic carbocycles. The molecule has 3 nitrogen and oxygen atoms in total. The fraction of sp³-hybridized carbons (Fsp3) is 0.417. The van der Waals surface area contributed by atoms with Crippen LogP contribution in [0.2, 0.25) is 0 Å². The van der Waals surface area contributed by atoms with Crippen molar-refractivity contribution >= 4 is 17.6 Å². The van der Waals surface area contributed by atoms with E-state index in [9.17, 15) is 17.7 Å². The lowest BCUT2D eigenvalue weighted by Gasteiger charge is -2.17. The fourth-order valence-corrected chi connectivity index (χ4v) is 1.56. The summed E-state index contributed by atoms with van der Waals surface area (Å²) in [5.41, 5.74) is 0.548. The maximum absolute atomic E-state index is 11.9. The van der Waals surface area contributed by atoms with Gasteiger partial charge in [-0.1, -0.05) is 4.40 Å². The van der Waals surface area contributed by atoms with E-state index in [1.165, 1.54) is 30.5 Å². The monoisotopic (exact) mass is 293 g/mol. The van der Waals surface area contributed by atoms with E-state index in [0.717, 1.165) is 0 Å². The number of hydrogen-bond donors (Lipinski definition) is 0. The highest BCUT2D eigenvalue weighted by Gasteiger charge is 2.31. The van der Waals surface area contributed by atoms with Crippen LogP contribution < -0.4 is 4.74 Å². The van der Waals surface area contributed by atoms with Gasteiger partial charge in [-0.2, -0.15) is 0 Å². The molecule has 7 heteroatoms. The SMILES string of the molecule is CC(C)(C)[S@+]([O-])N=Cc1ccc(OC(F)(F)F)cc1. The topological polar surface area (TPSA) is 44.7 Å². The largest absolute Gasteiger partial charge is 0.591 e. The third-order valence-corrected chi connectivity index (χ3v) is 3.28. The molecule has 0 aliphatic rings. The van der Waals surface area contributed by atoms with Gasteiger partial charge in [0.1, 0.15) is 21.9 Å². The Morgan fingerprint density at radius 3 is 2.11 bits per heavy atom. The van der Waals surface area contributed by atoms with Crippen LogP contribution in [0, 0.1) is 0 Å². The summed E-state index contributed by atoms with van der Waals surface area (Å²) < 4.78 is 54.6. The molecule has 0 fully saturated rings. The third-order valence-electron chi connectivity index (χ3n) is 1.94. The quantitative estimate of drug-likeness (QED) is 0.632. The Labute approximate surface area is 112 Å². The number of hydrogen-bond acceptors (Lipinski definition) is 3. The Morgan fingerprint density at radius 1 is 1.16 bits per heavy atom. The van der Waals surface area contributed by atoms with Gasteiger partial charge in [0, 0.05) is 0 Å². The van der Waals surface area contributed by atoms with Gasteiger partial charge in [-0.3, -0.25) is 0 Å². The molecule has 0 N–H and O–H groups in total. The molecule has 1 atom stereocenters. The van der Waals surface area contributed by atoms with Crippen LogP contribution in [0.25, 0.3) is 0 Å². The Bertz CT molecular complexity index is 438. The van der Waals surface area contributed by atoms with Crippen molar-refractivity contribution < 1.29 is 22.5 Å². The van der Waals surface area contributed by atoms with Crippen molar-refractivity contribution in [1.82, 2.24) is 0 Å². The molecule has 0 amide bonds. The van der Waals surface area contributed by atoms with E-state index in [1.807, 2.05) is 0 Å². The van der Waals surface area contributed by atoms with Crippen LogP contribution in [0.5, 0.6) is 5.75 Å². The summed E-state index contributed by atoms with van der Waals surface area (Å²) in [6.07, 6.45) is -3.35. The van der Waals surface area contributed by atoms with Crippen LogP contribution >= 0.6 is 0 Å². The second kappa shape index (κ2) is 5.83. The molecule has 1 rings (SSSR count). The zero-order valence-electron chi connectivity index (χ0n) is 10.7. The lowest BCUT2D eigenvalue weighted by Crippen LogP contribution is -2.25. The lowest BCUT2D eigenvalue weighted by atomic mass is 10.2. The van der Waals surface area contributed by atoms with Crippen LogP contribution in [0.1, 0.15) is 26.3 Å². The first-order valence-electron chi connectivity index (χ1n) is 5.40. The standard InChI is InChI=1S/C12H14F3NO2S/c1-11(2,3)19(17)16-8-9-4-6-10(7-5-9)18-12(13,14)15/h4-8H,1-3H3/t19-/m0/s1. The van der Waals surface area contributed by atoms with Gasteiger partial charge in [-0.05, 0) is 50.6 Å². The van der Waals surface area contributed by atoms with E-state index in [-0.39, 0.29) is 5.75 Å². The van der Waals surface area contributed by atoms with Crippen LogP contribution in [-0.4, -0.2) is 21.9 Å². The highest BCUT2D eigenvalue weighted by Crippen LogP contribution is 2.22. The summed E-state index contributed by atoms with van der Waals surface area (Å²) >= 11 is -1.40. The molecular formula is C12H14F3NO2S. The molecule has 0 aromatic heterocycles. The Kier molecular flexibility index (Phi) is 4.86. The maximum Gasteiger partial charge on any atom is 0.573 e. The molecule has 0 saturated carbocycles. The second-order valence-electron chi connectivity index (χ2n) is 4.71. The number of alkyl halides is 3. The van der Waals surface area contributed by atoms with Gasteiger partial charge in [-0.25, -0.2) is 0 Å². The zero-order chi connectivity index (χ0) is 14.7. The molecule has 0 aliphatic heterocycles. The van der Waals surface area contributed by atoms with Gasteiger partial charge >= 0.3 is 6.36 Å². The summed E-state index contributed by atoms with van der Waals surface area (Å²) in [4.78, 5) is 0. The maximum atomic E-state index is 11.9. The minimum atomic E-state index is -4.71. The smallest absolute Gasteiger partial charge is 0.573 e. The fourth-order valence-electron chi connectivity index (χ4n) is 1.02. The number of rotatable bonds is 3. The molecule has 0 spiro atoms. The van der Waals surface area contributed by atoms with E-state index < -0.39 is 22.5 Å². The van der Waals surface area contributed by atoms with E-state index in [2.05, 4.69) is 9.13 Å². The molecule has 106 valence electrons. The van der Waals surface area contributed by atoms with E-state index in [0.29, 0.717) is 5.56 Å². The van der Waals surface area contributed by atoms with Gasteiger partial charge in [0.2, 0.25) is 0 Å². The van der Waals surface area contributed by atoms with E-state index in [4.69, 9.17) is 0 Å². The van der Waals surface area contributed by atoms with Gasteiger partial charge < -0.3 is 9.29 Å². The van der Waals surface area contributed by atoms with Gasteiger partial charge in [0.05, 0.1) is 6.21 Å². The Balaban J connectivity index is 2.70. The summed E-state index contributed by atoms with van der Waals surface area (Å²) in [5, 5.41) is 0. The summed E-state index contributed by atoms with van der Waals surface area (Å²) in [5.74, 6) is -0.304. The molecule has 1 aromatic rings. The third kappa shape index (κ3) is 5.98. The summed E-state index contributed by atoms with van der Waals surface area (Å²) in [6, 6.07) is 5.17. The second-order valence-corrected chi connectivity index (χ2v) is 6.65. The zero-order valence-corrected chi connectivity index (χ0v) is 11.5. The average Bonchev–Trinajstić information content (AvgIpc) is 2.24. The van der Waals surface area contributed by atoms with Crippen LogP contribution in [0.4, 0.5) is 13.2 Å². The predicted octanol–water partition coefficient (Wildman–Crippen LogP) is 3.47. The molecule has 0 saturated heterocycles. The van der Waals surface area contributed by atoms with E-state index in [1.54, 1.807) is 20.8 Å². The first kappa shape index (κ1) is 15.8. The van der Waals surface area contributed by atoms with Gasteiger partial charge in [0.15, 0.2) is 0 Å². The number of nitrogens with zero attached hydrogens (tertiary/aromatic N) is 1. The van der Waals surface area contributed by atoms with Crippen LogP contribution in [0.15, 0.2) is 28.7 Å². The van der Waals surface area contributed by atoms with Crippen molar-refractivity contribution in [1.29, 1.82) is 0 Å². The average molecular weight is 293 g/mol. The molecule has 0 unspecified atom stereocenters. The van der Waals surface area contributed by atoms with Crippen LogP contribution in [-0.2, 0) is 11.4 Å². The number of benzene rings is 1. The molecule has 0 bridgehead atoms. The predicted molar refractivity (Wildman–Crippen MR) is 68.6 cm³/mol. The minimum Gasteiger partial charge on any atom is -0.591 e. The van der Waals surface area contributed by atoms with Crippen molar-refractivity contribution in [3.05, 3.63) is 29.8 Å². The lowest BCUT2D eigenvalue weighted by molar-refractivity contribution is -0.274. The van der Waals surface area contributed by atoms with Crippen molar-refractivity contribution in [2.24, 2.45) is 4.40 Å². The molecule has 19 heavy (non-hydrogen) atoms. The number of ether oxygens (including phenoxy) is 1. The summed E-state index contributed by atoms with van der Waals surface area (Å²) in [6.45, 7) is 5.34. The first-order valence-corrected chi connectivity index (χ1v) is 6.50. The van der Waals surface area contributed by atoms with Crippen LogP contribution in [0.3, 0.4) is 0 Å². The molecule has 0 heterocycles. The minimum absolute atomic E-state index is 0.304. The molecule has 0 radical (unpaired) electrons. The normalized spacial score (nSPS) is 14.7. The van der Waals surface area contributed by atoms with E-state index >= 15 is 0 Å². The van der Waals surface area contributed by atoms with Crippen molar-refractivity contribution in [3.63, 3.8) is 0 Å². The molecular weight excluding hydrogens is 279 g/mol. The molecule has 0 aliphatic carbocycles. The Morgan fingerprint density at radius 2 is 1.68 bits per heavy atom. The van der Waals surface area contributed by atoms with Crippen molar-refractivity contribution in [2.45, 2.75) is 31.9 Å². The number of halogens is 3. The van der Waals surface area contributed by atoms with Crippen molar-refractivity contribution in [2.75, 3.05) is 0 Å².